The Hall–Kier alpha value is -2.88. The van der Waals surface area contributed by atoms with Gasteiger partial charge in [-0.05, 0) is 49.7 Å². The van der Waals surface area contributed by atoms with Crippen molar-refractivity contribution in [2.24, 2.45) is 11.8 Å². The molecule has 1 saturated heterocycles. The average Bonchev–Trinajstić information content (AvgIpc) is 3.45. The molecule has 0 radical (unpaired) electrons. The predicted octanol–water partition coefficient (Wildman–Crippen LogP) is 6.84. The molecule has 0 bridgehead atoms. The molecule has 1 N–H and O–H groups in total. The summed E-state index contributed by atoms with van der Waals surface area (Å²) in [6.45, 7) is 2.92. The van der Waals surface area contributed by atoms with E-state index in [0.717, 1.165) is 25.7 Å². The van der Waals surface area contributed by atoms with Crippen molar-refractivity contribution in [2.45, 2.75) is 71.6 Å². The van der Waals surface area contributed by atoms with Crippen LogP contribution in [0.2, 0.25) is 5.02 Å². The molecule has 1 atom stereocenters. The van der Waals surface area contributed by atoms with Crippen LogP contribution in [0.1, 0.15) is 63.4 Å². The number of alkyl halides is 3. The number of aromatic carboxylic acids is 1. The third-order valence-corrected chi connectivity index (χ3v) is 7.57. The largest absolute Gasteiger partial charge is 0.477 e. The fourth-order valence-electron chi connectivity index (χ4n) is 5.50. The maximum absolute atomic E-state index is 14.0. The van der Waals surface area contributed by atoms with Crippen molar-refractivity contribution in [2.75, 3.05) is 11.4 Å². The zero-order valence-corrected chi connectivity index (χ0v) is 20.6. The predicted molar refractivity (Wildman–Crippen MR) is 137 cm³/mol. The van der Waals surface area contributed by atoms with Gasteiger partial charge in [0, 0.05) is 31.0 Å². The molecule has 0 spiro atoms. The van der Waals surface area contributed by atoms with E-state index >= 15 is 0 Å². The molecule has 2 fully saturated rings. The molecule has 1 aliphatic carbocycles. The van der Waals surface area contributed by atoms with Gasteiger partial charge < -0.3 is 14.6 Å². The molecule has 200 valence electrons. The Bertz CT molecular complexity index is 1290. The fraction of sp³-hybridized carbons (Fsp3) is 0.538. The summed E-state index contributed by atoms with van der Waals surface area (Å²) in [4.78, 5) is 26.3. The molecular formula is C26H31ClF3N5O2. The zero-order valence-electron chi connectivity index (χ0n) is 19.8. The first-order valence-corrected chi connectivity index (χ1v) is 12.6. The Morgan fingerprint density at radius 3 is 2.51 bits per heavy atom. The van der Waals surface area contributed by atoms with Crippen LogP contribution >= 0.6 is 11.6 Å². The number of carboxylic acids is 1. The quantitative estimate of drug-likeness (QED) is 0.383. The van der Waals surface area contributed by atoms with E-state index in [4.69, 9.17) is 11.6 Å². The maximum Gasteiger partial charge on any atom is 0.408 e. The summed E-state index contributed by atoms with van der Waals surface area (Å²) in [6, 6.07) is 1.32. The van der Waals surface area contributed by atoms with Crippen LogP contribution in [0.3, 0.4) is 0 Å². The smallest absolute Gasteiger partial charge is 0.408 e. The van der Waals surface area contributed by atoms with Gasteiger partial charge in [-0.2, -0.15) is 13.2 Å². The number of pyridine rings is 2. The Morgan fingerprint density at radius 2 is 1.86 bits per heavy atom. The molecule has 0 amide bonds. The van der Waals surface area contributed by atoms with E-state index in [1.165, 1.54) is 23.4 Å². The fourth-order valence-corrected chi connectivity index (χ4v) is 5.68. The van der Waals surface area contributed by atoms with Crippen LogP contribution in [0.4, 0.5) is 19.1 Å². The van der Waals surface area contributed by atoms with Crippen LogP contribution in [0.15, 0.2) is 24.5 Å². The van der Waals surface area contributed by atoms with Gasteiger partial charge in [-0.3, -0.25) is 4.98 Å². The van der Waals surface area contributed by atoms with E-state index in [2.05, 4.69) is 21.9 Å². The van der Waals surface area contributed by atoms with E-state index in [1.807, 2.05) is 4.57 Å². The molecular weight excluding hydrogens is 507 g/mol. The highest BCUT2D eigenvalue weighted by molar-refractivity contribution is 6.30. The maximum atomic E-state index is 14.0. The molecule has 0 aromatic carbocycles. The number of hydrogen-bond donors (Lipinski definition) is 1. The number of aromatic nitrogens is 4. The van der Waals surface area contributed by atoms with Crippen molar-refractivity contribution in [1.29, 1.82) is 0 Å². The summed E-state index contributed by atoms with van der Waals surface area (Å²) in [5.41, 5.74) is 1.34. The molecule has 2 aliphatic rings. The van der Waals surface area contributed by atoms with Crippen LogP contribution in [0.5, 0.6) is 0 Å². The van der Waals surface area contributed by atoms with Gasteiger partial charge in [0.2, 0.25) is 5.95 Å². The first-order valence-electron chi connectivity index (χ1n) is 12.2. The van der Waals surface area contributed by atoms with Crippen LogP contribution in [-0.4, -0.2) is 49.4 Å². The Morgan fingerprint density at radius 1 is 1.14 bits per heavy atom. The van der Waals surface area contributed by atoms with Crippen molar-refractivity contribution in [3.05, 3.63) is 35.2 Å². The summed E-state index contributed by atoms with van der Waals surface area (Å²) in [5, 5.41) is 10.0. The average molecular weight is 538 g/mol. The van der Waals surface area contributed by atoms with E-state index in [9.17, 15) is 23.1 Å². The second kappa shape index (κ2) is 10.5. The molecule has 1 saturated carbocycles. The van der Waals surface area contributed by atoms with E-state index in [0.29, 0.717) is 46.2 Å². The van der Waals surface area contributed by atoms with Crippen molar-refractivity contribution < 1.29 is 23.1 Å². The Labute approximate surface area is 218 Å². The zero-order chi connectivity index (χ0) is 25.6. The molecule has 7 nitrogen and oxygen atoms in total. The number of imidazole rings is 1. The van der Waals surface area contributed by atoms with Crippen molar-refractivity contribution in [1.82, 2.24) is 19.5 Å². The summed E-state index contributed by atoms with van der Waals surface area (Å²) in [6.07, 6.45) is 3.04. The van der Waals surface area contributed by atoms with Crippen LogP contribution < -0.4 is 4.90 Å². The topological polar surface area (TPSA) is 84.1 Å². The number of fused-ring (bicyclic) bond motifs is 1. The minimum atomic E-state index is -4.40. The molecule has 1 aliphatic heterocycles. The number of nitrogens with zero attached hydrogens (tertiary/aromatic N) is 5. The molecule has 5 rings (SSSR count). The highest BCUT2D eigenvalue weighted by Gasteiger charge is 2.47. The summed E-state index contributed by atoms with van der Waals surface area (Å²) < 4.78 is 43.7. The molecule has 4 heterocycles. The lowest BCUT2D eigenvalue weighted by molar-refractivity contribution is -0.146. The van der Waals surface area contributed by atoms with Crippen molar-refractivity contribution in [3.63, 3.8) is 0 Å². The summed E-state index contributed by atoms with van der Waals surface area (Å²) >= 11 is 6.17. The first kappa shape index (κ1) is 27.2. The van der Waals surface area contributed by atoms with Gasteiger partial charge in [-0.1, -0.05) is 38.8 Å². The van der Waals surface area contributed by atoms with Crippen LogP contribution in [-0.2, 0) is 6.54 Å². The van der Waals surface area contributed by atoms with Gasteiger partial charge in [0.25, 0.3) is 0 Å². The molecule has 37 heavy (non-hydrogen) atoms. The summed E-state index contributed by atoms with van der Waals surface area (Å²) in [7, 11) is 0. The monoisotopic (exact) mass is 537 g/mol. The molecule has 0 unspecified atom stereocenters. The number of anilines is 1. The lowest BCUT2D eigenvalue weighted by Crippen LogP contribution is -2.42. The number of hydrogen-bond acceptors (Lipinski definition) is 5. The Kier molecular flexibility index (Phi) is 7.69. The van der Waals surface area contributed by atoms with Gasteiger partial charge >= 0.3 is 12.1 Å². The SMILES string of the molecule is C.CC1CCC(Cn2c(N3CCC[C@H]3C(F)(F)F)nc3cc(C(=O)O)nc(-c4cncc(Cl)c4)c32)CC1. The summed E-state index contributed by atoms with van der Waals surface area (Å²) in [5.74, 6) is -0.140. The first-order chi connectivity index (χ1) is 17.1. The second-order valence-electron chi connectivity index (χ2n) is 9.96. The highest BCUT2D eigenvalue weighted by atomic mass is 35.5. The van der Waals surface area contributed by atoms with Gasteiger partial charge in [-0.15, -0.1) is 0 Å². The number of carbonyl (C=O) groups is 1. The Balaban J connectivity index is 0.00000320. The second-order valence-corrected chi connectivity index (χ2v) is 10.4. The third-order valence-electron chi connectivity index (χ3n) is 7.37. The van der Waals surface area contributed by atoms with Crippen LogP contribution in [0.25, 0.3) is 22.3 Å². The van der Waals surface area contributed by atoms with Crippen LogP contribution in [0, 0.1) is 11.8 Å². The normalized spacial score (nSPS) is 22.3. The molecule has 11 heteroatoms. The minimum absolute atomic E-state index is 0. The number of rotatable bonds is 5. The highest BCUT2D eigenvalue weighted by Crippen LogP contribution is 2.40. The lowest BCUT2D eigenvalue weighted by atomic mass is 9.83. The molecule has 3 aromatic heterocycles. The van der Waals surface area contributed by atoms with Crippen molar-refractivity contribution in [3.8, 4) is 11.3 Å². The molecule has 3 aromatic rings. The van der Waals surface area contributed by atoms with Gasteiger partial charge in [0.15, 0.2) is 5.69 Å². The van der Waals surface area contributed by atoms with E-state index in [-0.39, 0.29) is 38.0 Å². The van der Waals surface area contributed by atoms with E-state index < -0.39 is 18.2 Å². The minimum Gasteiger partial charge on any atom is -0.477 e. The van der Waals surface area contributed by atoms with Crippen molar-refractivity contribution >= 4 is 34.6 Å². The lowest BCUT2D eigenvalue weighted by Gasteiger charge is -2.31. The van der Waals surface area contributed by atoms with Gasteiger partial charge in [-0.25, -0.2) is 14.8 Å². The third kappa shape index (κ3) is 5.39. The number of halogens is 4. The number of carboxylic acid groups (broad SMARTS) is 1. The van der Waals surface area contributed by atoms with Gasteiger partial charge in [0.1, 0.15) is 6.04 Å². The van der Waals surface area contributed by atoms with E-state index in [1.54, 1.807) is 6.07 Å². The standard InChI is InChI=1S/C25H27ClF3N5O2.CH4/c1-14-4-6-15(7-5-14)13-34-22-18(32-24(34)33-8-2-3-20(33)25(27,28)29)10-19(23(35)36)31-21(22)16-9-17(26)12-30-11-16;/h9-12,14-15,20H,2-8,13H2,1H3,(H,35,36);1H4/t14?,15?,20-;/m0./s1. The van der Waals surface area contributed by atoms with Gasteiger partial charge in [0.05, 0.1) is 21.7 Å².